The lowest BCUT2D eigenvalue weighted by Gasteiger charge is -2.22. The van der Waals surface area contributed by atoms with E-state index in [2.05, 4.69) is 14.9 Å². The maximum atomic E-state index is 13.3. The Balaban J connectivity index is 1.71. The average Bonchev–Trinajstić information content (AvgIpc) is 2.90. The van der Waals surface area contributed by atoms with Crippen LogP contribution in [0.4, 0.5) is 8.78 Å². The van der Waals surface area contributed by atoms with Crippen molar-refractivity contribution < 1.29 is 13.5 Å². The Kier molecular flexibility index (Phi) is 3.92. The standard InChI is InChI=1S/C19H19F2N3O/c1-22-11-3-7-17-14(9-11)13-5-8-18(23-19(13)24(17)2)25-12-4-6-15(20)16(21)10-12/h4-6,8,10-11,22H,3,7,9H2,1-2H3. The lowest BCUT2D eigenvalue weighted by molar-refractivity contribution is 0.448. The fourth-order valence-electron chi connectivity index (χ4n) is 3.58. The van der Waals surface area contributed by atoms with E-state index in [9.17, 15) is 8.78 Å². The van der Waals surface area contributed by atoms with Crippen LogP contribution < -0.4 is 10.1 Å². The second kappa shape index (κ2) is 6.11. The van der Waals surface area contributed by atoms with Crippen molar-refractivity contribution >= 4 is 11.0 Å². The maximum absolute atomic E-state index is 13.3. The third-order valence-electron chi connectivity index (χ3n) is 4.95. The zero-order valence-corrected chi connectivity index (χ0v) is 14.1. The molecule has 1 aromatic carbocycles. The number of halogens is 2. The number of fused-ring (bicyclic) bond motifs is 3. The zero-order chi connectivity index (χ0) is 17.6. The molecule has 1 N–H and O–H groups in total. The summed E-state index contributed by atoms with van der Waals surface area (Å²) >= 11 is 0. The van der Waals surface area contributed by atoms with Gasteiger partial charge in [-0.1, -0.05) is 0 Å². The van der Waals surface area contributed by atoms with Crippen LogP contribution in [0.5, 0.6) is 11.6 Å². The summed E-state index contributed by atoms with van der Waals surface area (Å²) in [5, 5.41) is 4.47. The zero-order valence-electron chi connectivity index (χ0n) is 14.1. The van der Waals surface area contributed by atoms with Crippen LogP contribution in [-0.4, -0.2) is 22.6 Å². The van der Waals surface area contributed by atoms with Crippen molar-refractivity contribution in [3.63, 3.8) is 0 Å². The number of hydrogen-bond donors (Lipinski definition) is 1. The van der Waals surface area contributed by atoms with Crippen LogP contribution in [0.25, 0.3) is 11.0 Å². The van der Waals surface area contributed by atoms with E-state index >= 15 is 0 Å². The van der Waals surface area contributed by atoms with Gasteiger partial charge in [0, 0.05) is 36.3 Å². The molecule has 0 aliphatic heterocycles. The number of pyridine rings is 1. The lowest BCUT2D eigenvalue weighted by Crippen LogP contribution is -2.31. The van der Waals surface area contributed by atoms with Crippen molar-refractivity contribution in [3.8, 4) is 11.6 Å². The highest BCUT2D eigenvalue weighted by atomic mass is 19.2. The molecule has 1 atom stereocenters. The number of hydrogen-bond acceptors (Lipinski definition) is 3. The van der Waals surface area contributed by atoms with E-state index in [0.717, 1.165) is 42.4 Å². The number of nitrogens with zero attached hydrogens (tertiary/aromatic N) is 2. The van der Waals surface area contributed by atoms with Crippen LogP contribution in [0.3, 0.4) is 0 Å². The second-order valence-corrected chi connectivity index (χ2v) is 6.41. The van der Waals surface area contributed by atoms with Gasteiger partial charge in [0.15, 0.2) is 11.6 Å². The predicted molar refractivity (Wildman–Crippen MR) is 92.0 cm³/mol. The molecule has 0 spiro atoms. The van der Waals surface area contributed by atoms with E-state index in [1.807, 2.05) is 20.2 Å². The molecule has 4 rings (SSSR count). The summed E-state index contributed by atoms with van der Waals surface area (Å²) in [5.74, 6) is -1.25. The number of likely N-dealkylation sites (N-methyl/N-ethyl adjacent to an activating group) is 1. The molecule has 0 saturated heterocycles. The highest BCUT2D eigenvalue weighted by Crippen LogP contribution is 2.32. The molecule has 1 aliphatic carbocycles. The summed E-state index contributed by atoms with van der Waals surface area (Å²) < 4.78 is 34.1. The van der Waals surface area contributed by atoms with Crippen LogP contribution in [-0.2, 0) is 19.9 Å². The van der Waals surface area contributed by atoms with E-state index in [1.54, 1.807) is 6.07 Å². The summed E-state index contributed by atoms with van der Waals surface area (Å²) in [4.78, 5) is 4.58. The van der Waals surface area contributed by atoms with Gasteiger partial charge in [0.25, 0.3) is 0 Å². The fraction of sp³-hybridized carbons (Fsp3) is 0.316. The van der Waals surface area contributed by atoms with E-state index in [4.69, 9.17) is 4.74 Å². The molecule has 0 fully saturated rings. The molecule has 2 aromatic heterocycles. The van der Waals surface area contributed by atoms with Crippen molar-refractivity contribution in [2.45, 2.75) is 25.3 Å². The Morgan fingerprint density at radius 1 is 1.20 bits per heavy atom. The first-order valence-electron chi connectivity index (χ1n) is 8.34. The molecule has 0 saturated carbocycles. The first-order valence-corrected chi connectivity index (χ1v) is 8.34. The Morgan fingerprint density at radius 2 is 2.04 bits per heavy atom. The Morgan fingerprint density at radius 3 is 2.80 bits per heavy atom. The molecule has 1 unspecified atom stereocenters. The summed E-state index contributed by atoms with van der Waals surface area (Å²) in [5.41, 5.74) is 3.48. The fourth-order valence-corrected chi connectivity index (χ4v) is 3.58. The van der Waals surface area contributed by atoms with Crippen LogP contribution in [0, 0.1) is 11.6 Å². The molecule has 3 aromatic rings. The molecular formula is C19H19F2N3O. The van der Waals surface area contributed by atoms with Gasteiger partial charge >= 0.3 is 0 Å². The van der Waals surface area contributed by atoms with Crippen LogP contribution in [0.1, 0.15) is 17.7 Å². The van der Waals surface area contributed by atoms with E-state index in [1.165, 1.54) is 17.3 Å². The molecule has 25 heavy (non-hydrogen) atoms. The minimum atomic E-state index is -0.939. The van der Waals surface area contributed by atoms with Gasteiger partial charge in [-0.05, 0) is 50.1 Å². The van der Waals surface area contributed by atoms with Crippen molar-refractivity contribution in [1.29, 1.82) is 0 Å². The minimum absolute atomic E-state index is 0.222. The number of nitrogens with one attached hydrogen (secondary N) is 1. The third-order valence-corrected chi connectivity index (χ3v) is 4.95. The van der Waals surface area contributed by atoms with Gasteiger partial charge in [-0.2, -0.15) is 4.98 Å². The Bertz CT molecular complexity index is 951. The van der Waals surface area contributed by atoms with Crippen LogP contribution >= 0.6 is 0 Å². The molecule has 0 amide bonds. The largest absolute Gasteiger partial charge is 0.439 e. The molecule has 6 heteroatoms. The topological polar surface area (TPSA) is 39.1 Å². The Hall–Kier alpha value is -2.47. The van der Waals surface area contributed by atoms with Gasteiger partial charge in [0.2, 0.25) is 5.88 Å². The second-order valence-electron chi connectivity index (χ2n) is 6.41. The van der Waals surface area contributed by atoms with Gasteiger partial charge in [-0.25, -0.2) is 8.78 Å². The van der Waals surface area contributed by atoms with Crippen LogP contribution in [0.2, 0.25) is 0 Å². The summed E-state index contributed by atoms with van der Waals surface area (Å²) in [6, 6.07) is 7.70. The van der Waals surface area contributed by atoms with E-state index < -0.39 is 11.6 Å². The first kappa shape index (κ1) is 16.0. The molecule has 1 aliphatic rings. The quantitative estimate of drug-likeness (QED) is 0.788. The summed E-state index contributed by atoms with van der Waals surface area (Å²) in [6.07, 6.45) is 3.09. The smallest absolute Gasteiger partial charge is 0.221 e. The number of ether oxygens (including phenoxy) is 1. The number of benzene rings is 1. The predicted octanol–water partition coefficient (Wildman–Crippen LogP) is 3.72. The first-order chi connectivity index (χ1) is 12.1. The molecular weight excluding hydrogens is 324 g/mol. The maximum Gasteiger partial charge on any atom is 0.221 e. The molecule has 130 valence electrons. The van der Waals surface area contributed by atoms with Gasteiger partial charge in [0.05, 0.1) is 0 Å². The monoisotopic (exact) mass is 343 g/mol. The number of rotatable bonds is 3. The molecule has 0 radical (unpaired) electrons. The van der Waals surface area contributed by atoms with Gasteiger partial charge in [-0.15, -0.1) is 0 Å². The molecule has 0 bridgehead atoms. The van der Waals surface area contributed by atoms with Crippen molar-refractivity contribution in [2.75, 3.05) is 7.05 Å². The normalized spacial score (nSPS) is 16.9. The SMILES string of the molecule is CNC1CCc2c(c3ccc(Oc4ccc(F)c(F)c4)nc3n2C)C1. The van der Waals surface area contributed by atoms with E-state index in [-0.39, 0.29) is 5.75 Å². The van der Waals surface area contributed by atoms with E-state index in [0.29, 0.717) is 11.9 Å². The summed E-state index contributed by atoms with van der Waals surface area (Å²) in [7, 11) is 4.00. The van der Waals surface area contributed by atoms with Gasteiger partial charge < -0.3 is 14.6 Å². The number of aryl methyl sites for hydroxylation is 1. The molecule has 4 nitrogen and oxygen atoms in total. The minimum Gasteiger partial charge on any atom is -0.439 e. The average molecular weight is 343 g/mol. The highest BCUT2D eigenvalue weighted by Gasteiger charge is 2.24. The van der Waals surface area contributed by atoms with Crippen molar-refractivity contribution in [3.05, 3.63) is 53.2 Å². The number of aromatic nitrogens is 2. The molecule has 2 heterocycles. The van der Waals surface area contributed by atoms with Crippen LogP contribution in [0.15, 0.2) is 30.3 Å². The van der Waals surface area contributed by atoms with Crippen molar-refractivity contribution in [2.24, 2.45) is 7.05 Å². The van der Waals surface area contributed by atoms with Gasteiger partial charge in [0.1, 0.15) is 11.4 Å². The Labute approximate surface area is 144 Å². The summed E-state index contributed by atoms with van der Waals surface area (Å²) in [6.45, 7) is 0. The lowest BCUT2D eigenvalue weighted by atomic mass is 9.92. The van der Waals surface area contributed by atoms with Crippen molar-refractivity contribution in [1.82, 2.24) is 14.9 Å². The highest BCUT2D eigenvalue weighted by molar-refractivity contribution is 5.83. The van der Waals surface area contributed by atoms with Gasteiger partial charge in [-0.3, -0.25) is 0 Å². The third kappa shape index (κ3) is 2.76.